The lowest BCUT2D eigenvalue weighted by Gasteiger charge is -2.21. The highest BCUT2D eigenvalue weighted by Crippen LogP contribution is 2.36. The van der Waals surface area contributed by atoms with Crippen LogP contribution in [0.5, 0.6) is 23.0 Å². The number of aromatic nitrogens is 1. The number of urea groups is 1. The zero-order valence-electron chi connectivity index (χ0n) is 22.2. The van der Waals surface area contributed by atoms with E-state index in [-0.39, 0.29) is 34.6 Å². The molecule has 1 heterocycles. The van der Waals surface area contributed by atoms with Crippen molar-refractivity contribution in [2.24, 2.45) is 0 Å². The van der Waals surface area contributed by atoms with E-state index in [2.05, 4.69) is 20.4 Å². The number of rotatable bonds is 13. The molecule has 1 aromatic heterocycles. The minimum absolute atomic E-state index is 0.00435. The number of benzene rings is 2. The molecular formula is C27H27Cl2F2N3O7. The van der Waals surface area contributed by atoms with E-state index in [0.29, 0.717) is 28.3 Å². The van der Waals surface area contributed by atoms with Gasteiger partial charge in [0, 0.05) is 30.6 Å². The van der Waals surface area contributed by atoms with Crippen LogP contribution in [0.25, 0.3) is 0 Å². The first-order chi connectivity index (χ1) is 19.6. The number of carbonyl (C=O) groups excluding carboxylic acids is 2. The number of nitrogens with zero attached hydrogens (tertiary/aromatic N) is 1. The van der Waals surface area contributed by atoms with Crippen LogP contribution in [0.1, 0.15) is 24.2 Å². The molecule has 10 nitrogen and oxygen atoms in total. The number of nitrogens with one attached hydrogen (secondary N) is 2. The number of esters is 1. The van der Waals surface area contributed by atoms with E-state index in [1.807, 2.05) is 0 Å². The Hall–Kier alpha value is -4.03. The maximum atomic E-state index is 12.9. The van der Waals surface area contributed by atoms with Crippen molar-refractivity contribution >= 4 is 40.9 Å². The summed E-state index contributed by atoms with van der Waals surface area (Å²) >= 11 is 12.6. The quantitative estimate of drug-likeness (QED) is 0.224. The molecule has 3 rings (SSSR count). The fourth-order valence-electron chi connectivity index (χ4n) is 3.67. The SMILES string of the molecule is CCOc1cc([C@H](Cc2c(Cl)cncc2Cl)OC(=O)CNC(=O)Nc2ccc(OC)c(OC)c2)ccc1OC(F)F. The highest BCUT2D eigenvalue weighted by atomic mass is 35.5. The Morgan fingerprint density at radius 2 is 1.63 bits per heavy atom. The van der Waals surface area contributed by atoms with Crippen LogP contribution in [0, 0.1) is 0 Å². The van der Waals surface area contributed by atoms with Gasteiger partial charge < -0.3 is 34.3 Å². The lowest BCUT2D eigenvalue weighted by molar-refractivity contribution is -0.148. The standard InChI is InChI=1S/C27H27Cl2F2N3O7/c1-4-39-24-9-15(5-7-21(24)41-26(30)31)22(11-17-18(28)12-32-13-19(17)29)40-25(35)14-33-27(36)34-16-6-8-20(37-2)23(10-16)38-3/h5-10,12-13,22,26H,4,11,14H2,1-3H3,(H2,33,34,36)/t22-/m0/s1. The summed E-state index contributed by atoms with van der Waals surface area (Å²) in [6, 6.07) is 8.20. The number of alkyl halides is 2. The minimum atomic E-state index is -3.07. The first-order valence-electron chi connectivity index (χ1n) is 12.1. The number of carbonyl (C=O) groups is 2. The van der Waals surface area contributed by atoms with E-state index in [1.54, 1.807) is 25.1 Å². The van der Waals surface area contributed by atoms with Gasteiger partial charge in [0.15, 0.2) is 23.0 Å². The van der Waals surface area contributed by atoms with Crippen molar-refractivity contribution in [3.05, 3.63) is 70.0 Å². The number of pyridine rings is 1. The summed E-state index contributed by atoms with van der Waals surface area (Å²) in [7, 11) is 2.94. The molecule has 220 valence electrons. The van der Waals surface area contributed by atoms with Crippen LogP contribution in [0.3, 0.4) is 0 Å². The molecule has 1 atom stereocenters. The molecule has 14 heteroatoms. The van der Waals surface area contributed by atoms with Crippen molar-refractivity contribution in [2.75, 3.05) is 32.7 Å². The molecule has 0 fully saturated rings. The Bertz CT molecular complexity index is 1340. The van der Waals surface area contributed by atoms with Gasteiger partial charge in [-0.3, -0.25) is 9.78 Å². The number of halogens is 4. The van der Waals surface area contributed by atoms with Gasteiger partial charge in [-0.1, -0.05) is 29.3 Å². The maximum Gasteiger partial charge on any atom is 0.387 e. The third kappa shape index (κ3) is 8.98. The van der Waals surface area contributed by atoms with Gasteiger partial charge in [-0.05, 0) is 42.3 Å². The zero-order valence-corrected chi connectivity index (χ0v) is 23.7. The van der Waals surface area contributed by atoms with E-state index < -0.39 is 31.3 Å². The van der Waals surface area contributed by atoms with Crippen molar-refractivity contribution in [1.29, 1.82) is 0 Å². The smallest absolute Gasteiger partial charge is 0.387 e. The Kier molecular flexibility index (Phi) is 11.6. The van der Waals surface area contributed by atoms with Gasteiger partial charge in [-0.15, -0.1) is 0 Å². The van der Waals surface area contributed by atoms with Crippen LogP contribution in [0.15, 0.2) is 48.8 Å². The maximum absolute atomic E-state index is 12.9. The van der Waals surface area contributed by atoms with Crippen molar-refractivity contribution in [3.8, 4) is 23.0 Å². The molecule has 2 amide bonds. The molecule has 3 aromatic rings. The van der Waals surface area contributed by atoms with Crippen LogP contribution in [-0.2, 0) is 16.0 Å². The van der Waals surface area contributed by atoms with E-state index >= 15 is 0 Å². The van der Waals surface area contributed by atoms with Crippen molar-refractivity contribution in [1.82, 2.24) is 10.3 Å². The molecule has 2 aromatic carbocycles. The summed E-state index contributed by atoms with van der Waals surface area (Å²) in [5.74, 6) is -0.0966. The molecule has 0 radical (unpaired) electrons. The molecule has 41 heavy (non-hydrogen) atoms. The van der Waals surface area contributed by atoms with Gasteiger partial charge in [-0.25, -0.2) is 4.79 Å². The molecule has 0 aliphatic heterocycles. The average molecular weight is 614 g/mol. The number of anilines is 1. The van der Waals surface area contributed by atoms with Crippen molar-refractivity contribution in [3.63, 3.8) is 0 Å². The number of hydrogen-bond donors (Lipinski definition) is 2. The summed E-state index contributed by atoms with van der Waals surface area (Å²) in [6.07, 6.45) is 1.76. The van der Waals surface area contributed by atoms with Crippen LogP contribution in [0.4, 0.5) is 19.3 Å². The van der Waals surface area contributed by atoms with Crippen molar-refractivity contribution < 1.29 is 42.1 Å². The van der Waals surface area contributed by atoms with Gasteiger partial charge in [0.2, 0.25) is 0 Å². The highest BCUT2D eigenvalue weighted by Gasteiger charge is 2.23. The number of hydrogen-bond acceptors (Lipinski definition) is 8. The molecule has 0 aliphatic rings. The minimum Gasteiger partial charge on any atom is -0.493 e. The van der Waals surface area contributed by atoms with E-state index in [1.165, 1.54) is 44.8 Å². The topological polar surface area (TPSA) is 117 Å². The van der Waals surface area contributed by atoms with E-state index in [9.17, 15) is 18.4 Å². The largest absolute Gasteiger partial charge is 0.493 e. The summed E-state index contributed by atoms with van der Waals surface area (Å²) in [4.78, 5) is 29.1. The average Bonchev–Trinajstić information content (AvgIpc) is 2.94. The van der Waals surface area contributed by atoms with E-state index in [0.717, 1.165) is 0 Å². The number of ether oxygens (including phenoxy) is 5. The molecular weight excluding hydrogens is 587 g/mol. The molecule has 0 unspecified atom stereocenters. The van der Waals surface area contributed by atoms with Gasteiger partial charge in [0.05, 0.1) is 30.9 Å². The lowest BCUT2D eigenvalue weighted by atomic mass is 10.0. The Morgan fingerprint density at radius 1 is 0.951 bits per heavy atom. The molecule has 0 spiro atoms. The molecule has 0 saturated carbocycles. The first-order valence-corrected chi connectivity index (χ1v) is 12.9. The highest BCUT2D eigenvalue weighted by molar-refractivity contribution is 6.35. The van der Waals surface area contributed by atoms with Gasteiger partial charge >= 0.3 is 18.6 Å². The summed E-state index contributed by atoms with van der Waals surface area (Å²) in [6.45, 7) is -1.74. The molecule has 0 bridgehead atoms. The van der Waals surface area contributed by atoms with Crippen LogP contribution < -0.4 is 29.6 Å². The predicted octanol–water partition coefficient (Wildman–Crippen LogP) is 6.05. The lowest BCUT2D eigenvalue weighted by Crippen LogP contribution is -2.34. The van der Waals surface area contributed by atoms with Crippen LogP contribution >= 0.6 is 23.2 Å². The second-order valence-electron chi connectivity index (χ2n) is 8.16. The Labute approximate surface area is 244 Å². The van der Waals surface area contributed by atoms with Crippen LogP contribution in [0.2, 0.25) is 10.0 Å². The third-order valence-electron chi connectivity index (χ3n) is 5.51. The van der Waals surface area contributed by atoms with Crippen molar-refractivity contribution in [2.45, 2.75) is 26.1 Å². The number of methoxy groups -OCH3 is 2. The monoisotopic (exact) mass is 613 g/mol. The molecule has 2 N–H and O–H groups in total. The molecule has 0 aliphatic carbocycles. The van der Waals surface area contributed by atoms with Gasteiger partial charge in [-0.2, -0.15) is 8.78 Å². The first kappa shape index (κ1) is 31.5. The Morgan fingerprint density at radius 3 is 2.27 bits per heavy atom. The fourth-order valence-corrected chi connectivity index (χ4v) is 4.19. The van der Waals surface area contributed by atoms with Gasteiger partial charge in [0.1, 0.15) is 12.6 Å². The summed E-state index contributed by atoms with van der Waals surface area (Å²) in [5.41, 5.74) is 1.20. The normalized spacial score (nSPS) is 11.4. The third-order valence-corrected chi connectivity index (χ3v) is 6.16. The summed E-state index contributed by atoms with van der Waals surface area (Å²) in [5, 5.41) is 5.46. The number of amides is 2. The second kappa shape index (κ2) is 15.1. The zero-order chi connectivity index (χ0) is 29.9. The van der Waals surface area contributed by atoms with E-state index in [4.69, 9.17) is 42.1 Å². The Balaban J connectivity index is 1.77. The van der Waals surface area contributed by atoms with Gasteiger partial charge in [0.25, 0.3) is 0 Å². The van der Waals surface area contributed by atoms with Crippen LogP contribution in [-0.4, -0.2) is 51.0 Å². The summed E-state index contributed by atoms with van der Waals surface area (Å²) < 4.78 is 51.8. The fraction of sp³-hybridized carbons (Fsp3) is 0.296. The second-order valence-corrected chi connectivity index (χ2v) is 8.97. The predicted molar refractivity (Wildman–Crippen MR) is 148 cm³/mol. The molecule has 0 saturated heterocycles.